The molecule has 1 rings (SSSR count). The molecular weight excluding hydrogens is 196 g/mol. The maximum atomic E-state index is 5.53. The molecule has 0 amide bonds. The molecule has 0 aliphatic heterocycles. The Morgan fingerprint density at radius 1 is 1.57 bits per heavy atom. The van der Waals surface area contributed by atoms with Crippen molar-refractivity contribution in [3.05, 3.63) is 11.6 Å². The van der Waals surface area contributed by atoms with E-state index in [0.29, 0.717) is 11.4 Å². The van der Waals surface area contributed by atoms with Crippen LogP contribution in [-0.2, 0) is 0 Å². The van der Waals surface area contributed by atoms with Crippen molar-refractivity contribution in [1.82, 2.24) is 14.8 Å². The first-order chi connectivity index (χ1) is 6.54. The summed E-state index contributed by atoms with van der Waals surface area (Å²) in [5.74, 6) is 1.72. The highest BCUT2D eigenvalue weighted by Gasteiger charge is 2.14. The highest BCUT2D eigenvalue weighted by Crippen LogP contribution is 2.16. The van der Waals surface area contributed by atoms with Crippen LogP contribution in [0.4, 0.5) is 0 Å². The van der Waals surface area contributed by atoms with Crippen LogP contribution in [0.2, 0.25) is 0 Å². The molecule has 0 bridgehead atoms. The fourth-order valence-electron chi connectivity index (χ4n) is 1.52. The number of thiocarbonyl (C=S) groups is 1. The van der Waals surface area contributed by atoms with E-state index in [1.54, 1.807) is 0 Å². The minimum absolute atomic E-state index is 0.244. The average Bonchev–Trinajstić information content (AvgIpc) is 2.41. The van der Waals surface area contributed by atoms with Crippen molar-refractivity contribution < 1.29 is 0 Å². The molecule has 0 saturated heterocycles. The van der Waals surface area contributed by atoms with Crippen molar-refractivity contribution in [2.24, 2.45) is 5.73 Å². The molecular formula is C9H16N4S. The monoisotopic (exact) mass is 212 g/mol. The van der Waals surface area contributed by atoms with E-state index in [-0.39, 0.29) is 6.04 Å². The van der Waals surface area contributed by atoms with Gasteiger partial charge in [0.25, 0.3) is 0 Å². The second-order valence-electron chi connectivity index (χ2n) is 3.38. The van der Waals surface area contributed by atoms with E-state index in [4.69, 9.17) is 18.0 Å². The Morgan fingerprint density at radius 3 is 2.57 bits per heavy atom. The first kappa shape index (κ1) is 11.1. The zero-order valence-electron chi connectivity index (χ0n) is 8.82. The van der Waals surface area contributed by atoms with Crippen molar-refractivity contribution in [2.75, 3.05) is 0 Å². The Bertz CT molecular complexity index is 332. The molecule has 14 heavy (non-hydrogen) atoms. The normalized spacial score (nSPS) is 12.8. The molecule has 1 unspecified atom stereocenters. The maximum Gasteiger partial charge on any atom is 0.147 e. The van der Waals surface area contributed by atoms with Gasteiger partial charge in [0.1, 0.15) is 11.6 Å². The minimum Gasteiger partial charge on any atom is -0.393 e. The lowest BCUT2D eigenvalue weighted by atomic mass is 10.1. The Balaban J connectivity index is 2.88. The van der Waals surface area contributed by atoms with E-state index >= 15 is 0 Å². The van der Waals surface area contributed by atoms with Crippen molar-refractivity contribution in [3.63, 3.8) is 0 Å². The highest BCUT2D eigenvalue weighted by molar-refractivity contribution is 7.80. The van der Waals surface area contributed by atoms with E-state index in [2.05, 4.69) is 17.0 Å². The van der Waals surface area contributed by atoms with Crippen LogP contribution in [0.15, 0.2) is 0 Å². The zero-order chi connectivity index (χ0) is 10.7. The van der Waals surface area contributed by atoms with Crippen molar-refractivity contribution >= 4 is 17.2 Å². The van der Waals surface area contributed by atoms with Gasteiger partial charge in [-0.25, -0.2) is 9.67 Å². The third-order valence-corrected chi connectivity index (χ3v) is 2.33. The number of nitrogens with zero attached hydrogens (tertiary/aromatic N) is 3. The predicted molar refractivity (Wildman–Crippen MR) is 60.2 cm³/mol. The Morgan fingerprint density at radius 2 is 2.21 bits per heavy atom. The third kappa shape index (κ3) is 2.51. The van der Waals surface area contributed by atoms with Crippen LogP contribution in [0.5, 0.6) is 0 Å². The Kier molecular flexibility index (Phi) is 3.57. The van der Waals surface area contributed by atoms with Gasteiger partial charge >= 0.3 is 0 Å². The van der Waals surface area contributed by atoms with E-state index in [0.717, 1.165) is 18.1 Å². The molecule has 1 aromatic heterocycles. The van der Waals surface area contributed by atoms with Crippen LogP contribution in [0.3, 0.4) is 0 Å². The summed E-state index contributed by atoms with van der Waals surface area (Å²) in [6.07, 6.45) is 1.65. The van der Waals surface area contributed by atoms with Crippen LogP contribution in [0, 0.1) is 13.8 Å². The third-order valence-electron chi connectivity index (χ3n) is 2.16. The molecule has 0 spiro atoms. The molecule has 1 aromatic rings. The van der Waals surface area contributed by atoms with Gasteiger partial charge in [0.2, 0.25) is 0 Å². The molecule has 4 nitrogen and oxygen atoms in total. The SMILES string of the molecule is CCC(CC(N)=S)n1nc(C)nc1C. The highest BCUT2D eigenvalue weighted by atomic mass is 32.1. The second-order valence-corrected chi connectivity index (χ2v) is 3.91. The average molecular weight is 212 g/mol. The first-order valence-electron chi connectivity index (χ1n) is 4.72. The summed E-state index contributed by atoms with van der Waals surface area (Å²) in [5.41, 5.74) is 5.53. The Labute approximate surface area is 89.5 Å². The lowest BCUT2D eigenvalue weighted by molar-refractivity contribution is 0.442. The van der Waals surface area contributed by atoms with Crippen molar-refractivity contribution in [3.8, 4) is 0 Å². The van der Waals surface area contributed by atoms with Gasteiger partial charge in [-0.2, -0.15) is 5.10 Å². The number of rotatable bonds is 4. The van der Waals surface area contributed by atoms with Gasteiger partial charge in [0.05, 0.1) is 11.0 Å². The topological polar surface area (TPSA) is 56.7 Å². The molecule has 78 valence electrons. The van der Waals surface area contributed by atoms with E-state index in [1.807, 2.05) is 18.5 Å². The molecule has 0 aliphatic rings. The molecule has 0 saturated carbocycles. The van der Waals surface area contributed by atoms with E-state index in [9.17, 15) is 0 Å². The fourth-order valence-corrected chi connectivity index (χ4v) is 1.71. The summed E-state index contributed by atoms with van der Waals surface area (Å²) in [6, 6.07) is 0.244. The molecule has 0 fully saturated rings. The summed E-state index contributed by atoms with van der Waals surface area (Å²) in [5, 5.41) is 4.32. The van der Waals surface area contributed by atoms with Crippen LogP contribution in [0.1, 0.15) is 37.5 Å². The van der Waals surface area contributed by atoms with Crippen molar-refractivity contribution in [1.29, 1.82) is 0 Å². The Hall–Kier alpha value is -0.970. The minimum atomic E-state index is 0.244. The molecule has 0 radical (unpaired) electrons. The van der Waals surface area contributed by atoms with Crippen LogP contribution in [0.25, 0.3) is 0 Å². The van der Waals surface area contributed by atoms with Gasteiger partial charge in [-0.15, -0.1) is 0 Å². The standard InChI is InChI=1S/C9H16N4S/c1-4-8(5-9(10)14)13-7(3)11-6(2)12-13/h8H,4-5H2,1-3H3,(H2,10,14). The van der Waals surface area contributed by atoms with Gasteiger partial charge in [-0.3, -0.25) is 0 Å². The van der Waals surface area contributed by atoms with Gasteiger partial charge in [-0.05, 0) is 20.3 Å². The lowest BCUT2D eigenvalue weighted by Gasteiger charge is -2.15. The lowest BCUT2D eigenvalue weighted by Crippen LogP contribution is -2.19. The predicted octanol–water partition coefficient (Wildman–Crippen LogP) is 1.52. The molecule has 2 N–H and O–H groups in total. The maximum absolute atomic E-state index is 5.53. The summed E-state index contributed by atoms with van der Waals surface area (Å²) in [7, 11) is 0. The number of hydrogen-bond donors (Lipinski definition) is 1. The van der Waals surface area contributed by atoms with Gasteiger partial charge in [-0.1, -0.05) is 19.1 Å². The van der Waals surface area contributed by atoms with Gasteiger partial charge in [0.15, 0.2) is 0 Å². The number of nitrogens with two attached hydrogens (primary N) is 1. The van der Waals surface area contributed by atoms with Gasteiger partial charge < -0.3 is 5.73 Å². The molecule has 1 heterocycles. The first-order valence-corrected chi connectivity index (χ1v) is 5.13. The van der Waals surface area contributed by atoms with E-state index in [1.165, 1.54) is 0 Å². The number of aromatic nitrogens is 3. The number of aryl methyl sites for hydroxylation is 2. The van der Waals surface area contributed by atoms with Crippen LogP contribution in [-0.4, -0.2) is 19.8 Å². The molecule has 1 atom stereocenters. The quantitative estimate of drug-likeness (QED) is 0.769. The molecule has 0 aromatic carbocycles. The van der Waals surface area contributed by atoms with Crippen LogP contribution >= 0.6 is 12.2 Å². The summed E-state index contributed by atoms with van der Waals surface area (Å²) >= 11 is 4.90. The molecule has 0 aliphatic carbocycles. The molecule has 5 heteroatoms. The second kappa shape index (κ2) is 4.50. The van der Waals surface area contributed by atoms with Crippen molar-refractivity contribution in [2.45, 2.75) is 39.7 Å². The summed E-state index contributed by atoms with van der Waals surface area (Å²) in [4.78, 5) is 4.79. The summed E-state index contributed by atoms with van der Waals surface area (Å²) < 4.78 is 1.91. The van der Waals surface area contributed by atoms with Gasteiger partial charge in [0, 0.05) is 6.42 Å². The smallest absolute Gasteiger partial charge is 0.147 e. The largest absolute Gasteiger partial charge is 0.393 e. The summed E-state index contributed by atoms with van der Waals surface area (Å²) in [6.45, 7) is 5.93. The van der Waals surface area contributed by atoms with E-state index < -0.39 is 0 Å². The zero-order valence-corrected chi connectivity index (χ0v) is 9.64. The van der Waals surface area contributed by atoms with Crippen LogP contribution < -0.4 is 5.73 Å². The number of hydrogen-bond acceptors (Lipinski definition) is 3. The fraction of sp³-hybridized carbons (Fsp3) is 0.667.